The summed E-state index contributed by atoms with van der Waals surface area (Å²) in [5.41, 5.74) is -0.488. The van der Waals surface area contributed by atoms with Crippen molar-refractivity contribution in [3.63, 3.8) is 0 Å². The van der Waals surface area contributed by atoms with Gasteiger partial charge in [0.1, 0.15) is 0 Å². The van der Waals surface area contributed by atoms with Gasteiger partial charge in [0.05, 0.1) is 24.7 Å². The van der Waals surface area contributed by atoms with Crippen LogP contribution in [0.15, 0.2) is 30.3 Å². The number of halogens is 2. The monoisotopic (exact) mass is 355 g/mol. The molecule has 1 heterocycles. The van der Waals surface area contributed by atoms with Gasteiger partial charge in [-0.1, -0.05) is 37.3 Å². The van der Waals surface area contributed by atoms with Gasteiger partial charge in [-0.05, 0) is 25.3 Å². The molecule has 0 spiro atoms. The molecule has 1 fully saturated rings. The van der Waals surface area contributed by atoms with Crippen molar-refractivity contribution >= 4 is 5.97 Å². The minimum absolute atomic E-state index is 0.139. The molecule has 2 rings (SSSR count). The highest BCUT2D eigenvalue weighted by Gasteiger charge is 2.49. The smallest absolute Gasteiger partial charge is 0.308 e. The largest absolute Gasteiger partial charge is 0.466 e. The highest BCUT2D eigenvalue weighted by molar-refractivity contribution is 5.70. The lowest BCUT2D eigenvalue weighted by Crippen LogP contribution is -2.57. The Morgan fingerprint density at radius 1 is 1.36 bits per heavy atom. The van der Waals surface area contributed by atoms with Crippen LogP contribution in [0.5, 0.6) is 0 Å². The number of carbonyl (C=O) groups excluding carboxylic acids is 1. The first-order valence-corrected chi connectivity index (χ1v) is 8.83. The van der Waals surface area contributed by atoms with E-state index in [1.54, 1.807) is 11.8 Å². The Morgan fingerprint density at radius 2 is 2.04 bits per heavy atom. The summed E-state index contributed by atoms with van der Waals surface area (Å²) in [4.78, 5) is 13.5. The number of hydrogen-bond acceptors (Lipinski definition) is 4. The van der Waals surface area contributed by atoms with Crippen LogP contribution in [0.3, 0.4) is 0 Å². The first-order valence-electron chi connectivity index (χ1n) is 8.83. The molecule has 2 atom stereocenters. The van der Waals surface area contributed by atoms with Crippen LogP contribution in [0, 0.1) is 0 Å². The van der Waals surface area contributed by atoms with Crippen LogP contribution in [0.25, 0.3) is 0 Å². The van der Waals surface area contributed by atoms with Crippen LogP contribution >= 0.6 is 0 Å². The number of carbonyl (C=O) groups is 1. The summed E-state index contributed by atoms with van der Waals surface area (Å²) < 4.78 is 34.0. The fraction of sp³-hybridized carbons (Fsp3) is 0.632. The van der Waals surface area contributed by atoms with Crippen molar-refractivity contribution < 1.29 is 23.4 Å². The number of piperidine rings is 1. The van der Waals surface area contributed by atoms with Crippen molar-refractivity contribution in [1.82, 2.24) is 4.90 Å². The Morgan fingerprint density at radius 3 is 2.64 bits per heavy atom. The molecule has 1 aliphatic heterocycles. The average molecular weight is 355 g/mol. The van der Waals surface area contributed by atoms with Gasteiger partial charge in [0.15, 0.2) is 0 Å². The van der Waals surface area contributed by atoms with Crippen LogP contribution in [0.1, 0.15) is 45.1 Å². The summed E-state index contributed by atoms with van der Waals surface area (Å²) in [6.07, 6.45) is -0.414. The molecule has 25 heavy (non-hydrogen) atoms. The number of ether oxygens (including phenoxy) is 1. The number of benzene rings is 1. The van der Waals surface area contributed by atoms with Crippen LogP contribution in [-0.2, 0) is 16.1 Å². The Kier molecular flexibility index (Phi) is 6.52. The van der Waals surface area contributed by atoms with Crippen molar-refractivity contribution in [2.24, 2.45) is 0 Å². The van der Waals surface area contributed by atoms with E-state index in [-0.39, 0.29) is 32.3 Å². The van der Waals surface area contributed by atoms with E-state index in [4.69, 9.17) is 4.74 Å². The van der Waals surface area contributed by atoms with Crippen LogP contribution in [-0.4, -0.2) is 46.7 Å². The van der Waals surface area contributed by atoms with Crippen molar-refractivity contribution in [2.45, 2.75) is 63.6 Å². The van der Waals surface area contributed by atoms with Gasteiger partial charge in [0.25, 0.3) is 5.92 Å². The SMILES string of the molecule is CCOC(=O)CC1(O)CCN(Cc2ccccc2)C(C(F)(F)CC)C1. The molecule has 0 aliphatic carbocycles. The molecule has 0 radical (unpaired) electrons. The average Bonchev–Trinajstić information content (AvgIpc) is 2.57. The molecular formula is C19H27F2NO3. The van der Waals surface area contributed by atoms with Crippen molar-refractivity contribution in [2.75, 3.05) is 13.2 Å². The second-order valence-corrected chi connectivity index (χ2v) is 6.75. The number of rotatable bonds is 7. The first kappa shape index (κ1) is 19.8. The number of likely N-dealkylation sites (tertiary alicyclic amines) is 1. The van der Waals surface area contributed by atoms with E-state index in [0.29, 0.717) is 13.1 Å². The molecule has 0 amide bonds. The molecule has 1 aromatic rings. The molecule has 0 saturated carbocycles. The maximum absolute atomic E-state index is 14.6. The van der Waals surface area contributed by atoms with Gasteiger partial charge in [0, 0.05) is 19.5 Å². The third-order valence-electron chi connectivity index (χ3n) is 4.84. The predicted octanol–water partition coefficient (Wildman–Crippen LogP) is 3.38. The molecule has 2 unspecified atom stereocenters. The number of aliphatic hydroxyl groups is 1. The highest BCUT2D eigenvalue weighted by Crippen LogP contribution is 2.39. The number of hydrogen-bond donors (Lipinski definition) is 1. The normalized spacial score (nSPS) is 24.9. The van der Waals surface area contributed by atoms with Gasteiger partial charge >= 0.3 is 5.97 Å². The molecule has 0 aromatic heterocycles. The Labute approximate surface area is 147 Å². The number of alkyl halides is 2. The summed E-state index contributed by atoms with van der Waals surface area (Å²) in [6.45, 7) is 4.05. The highest BCUT2D eigenvalue weighted by atomic mass is 19.3. The molecule has 140 valence electrons. The van der Waals surface area contributed by atoms with Gasteiger partial charge in [-0.15, -0.1) is 0 Å². The van der Waals surface area contributed by atoms with Gasteiger partial charge < -0.3 is 9.84 Å². The lowest BCUT2D eigenvalue weighted by Gasteiger charge is -2.46. The van der Waals surface area contributed by atoms with Gasteiger partial charge in [0.2, 0.25) is 0 Å². The molecule has 1 saturated heterocycles. The van der Waals surface area contributed by atoms with E-state index < -0.39 is 23.5 Å². The van der Waals surface area contributed by atoms with E-state index in [1.807, 2.05) is 30.3 Å². The molecule has 1 aromatic carbocycles. The van der Waals surface area contributed by atoms with E-state index >= 15 is 0 Å². The van der Waals surface area contributed by atoms with Crippen LogP contribution in [0.4, 0.5) is 8.78 Å². The number of esters is 1. The Bertz CT molecular complexity index is 567. The Hall–Kier alpha value is -1.53. The summed E-state index contributed by atoms with van der Waals surface area (Å²) in [7, 11) is 0. The molecule has 0 bridgehead atoms. The third kappa shape index (κ3) is 5.22. The van der Waals surface area contributed by atoms with E-state index in [9.17, 15) is 18.7 Å². The zero-order valence-electron chi connectivity index (χ0n) is 14.9. The van der Waals surface area contributed by atoms with E-state index in [1.165, 1.54) is 6.92 Å². The minimum Gasteiger partial charge on any atom is -0.466 e. The second-order valence-electron chi connectivity index (χ2n) is 6.75. The first-order chi connectivity index (χ1) is 11.8. The van der Waals surface area contributed by atoms with Gasteiger partial charge in [-0.25, -0.2) is 8.78 Å². The maximum Gasteiger partial charge on any atom is 0.308 e. The number of nitrogens with zero attached hydrogens (tertiary/aromatic N) is 1. The maximum atomic E-state index is 14.6. The quantitative estimate of drug-likeness (QED) is 0.762. The molecule has 6 heteroatoms. The topological polar surface area (TPSA) is 49.8 Å². The van der Waals surface area contributed by atoms with Crippen molar-refractivity contribution in [1.29, 1.82) is 0 Å². The van der Waals surface area contributed by atoms with E-state index in [2.05, 4.69) is 0 Å². The second kappa shape index (κ2) is 8.23. The lowest BCUT2D eigenvalue weighted by atomic mass is 9.81. The molecular weight excluding hydrogens is 328 g/mol. The predicted molar refractivity (Wildman–Crippen MR) is 91.3 cm³/mol. The lowest BCUT2D eigenvalue weighted by molar-refractivity contribution is -0.164. The van der Waals surface area contributed by atoms with Crippen molar-refractivity contribution in [3.05, 3.63) is 35.9 Å². The van der Waals surface area contributed by atoms with Crippen LogP contribution in [0.2, 0.25) is 0 Å². The van der Waals surface area contributed by atoms with E-state index in [0.717, 1.165) is 5.56 Å². The summed E-state index contributed by atoms with van der Waals surface area (Å²) in [5.74, 6) is -3.47. The summed E-state index contributed by atoms with van der Waals surface area (Å²) in [5, 5.41) is 10.7. The Balaban J connectivity index is 2.16. The zero-order chi connectivity index (χ0) is 18.5. The summed E-state index contributed by atoms with van der Waals surface area (Å²) >= 11 is 0. The van der Waals surface area contributed by atoms with Gasteiger partial charge in [-0.2, -0.15) is 0 Å². The van der Waals surface area contributed by atoms with Gasteiger partial charge in [-0.3, -0.25) is 9.69 Å². The zero-order valence-corrected chi connectivity index (χ0v) is 14.9. The van der Waals surface area contributed by atoms with Crippen molar-refractivity contribution in [3.8, 4) is 0 Å². The fourth-order valence-electron chi connectivity index (χ4n) is 3.40. The molecule has 1 N–H and O–H groups in total. The minimum atomic E-state index is -2.93. The molecule has 1 aliphatic rings. The third-order valence-corrected chi connectivity index (χ3v) is 4.84. The van der Waals surface area contributed by atoms with Crippen LogP contribution < -0.4 is 0 Å². The standard InChI is InChI=1S/C19H27F2NO3/c1-3-19(20,21)16-12-18(24,13-17(23)25-4-2)10-11-22(16)14-15-8-6-5-7-9-15/h5-9,16,24H,3-4,10-14H2,1-2H3. The molecule has 4 nitrogen and oxygen atoms in total. The fourth-order valence-corrected chi connectivity index (χ4v) is 3.40. The summed E-state index contributed by atoms with van der Waals surface area (Å²) in [6, 6.07) is 8.34.